The zero-order valence-electron chi connectivity index (χ0n) is 17.6. The van der Waals surface area contributed by atoms with Crippen LogP contribution in [0.2, 0.25) is 0 Å². The Balaban J connectivity index is 1.72. The van der Waals surface area contributed by atoms with Crippen molar-refractivity contribution in [1.82, 2.24) is 14.9 Å². The molecule has 1 fully saturated rings. The number of aliphatic imine (C=N–C) groups is 2. The predicted molar refractivity (Wildman–Crippen MR) is 124 cm³/mol. The van der Waals surface area contributed by atoms with Gasteiger partial charge >= 0.3 is 0 Å². The maximum Gasteiger partial charge on any atom is 0.127 e. The van der Waals surface area contributed by atoms with Crippen molar-refractivity contribution in [3.05, 3.63) is 45.7 Å². The minimum atomic E-state index is 0.280. The van der Waals surface area contributed by atoms with Gasteiger partial charge in [0.15, 0.2) is 0 Å². The van der Waals surface area contributed by atoms with E-state index in [2.05, 4.69) is 61.0 Å². The summed E-state index contributed by atoms with van der Waals surface area (Å²) in [6.45, 7) is 11.7. The molecule has 2 aromatic rings. The summed E-state index contributed by atoms with van der Waals surface area (Å²) in [6, 6.07) is 6.19. The predicted octanol–water partition coefficient (Wildman–Crippen LogP) is 2.87. The normalized spacial score (nSPS) is 15.7. The minimum absolute atomic E-state index is 0.280. The van der Waals surface area contributed by atoms with Crippen molar-refractivity contribution in [3.8, 4) is 6.07 Å². The zero-order chi connectivity index (χ0) is 21.5. The number of thiazole rings is 1. The molecular weight excluding hydrogens is 396 g/mol. The molecule has 0 atom stereocenters. The zero-order valence-corrected chi connectivity index (χ0v) is 18.4. The molecule has 1 N–H and O–H groups in total. The molecule has 156 valence electrons. The number of piperazine rings is 1. The molecule has 0 unspecified atom stereocenters. The molecule has 0 aromatic carbocycles. The van der Waals surface area contributed by atoms with Crippen molar-refractivity contribution in [1.29, 1.82) is 5.26 Å². The second-order valence-electron chi connectivity index (χ2n) is 7.02. The van der Waals surface area contributed by atoms with E-state index in [0.717, 1.165) is 53.3 Å². The summed E-state index contributed by atoms with van der Waals surface area (Å²) in [5, 5.41) is 13.7. The number of nitriles is 1. The number of aryl methyl sites for hydroxylation is 2. The van der Waals surface area contributed by atoms with E-state index >= 15 is 0 Å². The van der Waals surface area contributed by atoms with E-state index in [0.29, 0.717) is 11.3 Å². The van der Waals surface area contributed by atoms with Gasteiger partial charge in [0.2, 0.25) is 0 Å². The van der Waals surface area contributed by atoms with E-state index in [-0.39, 0.29) is 6.67 Å². The first-order valence-corrected chi connectivity index (χ1v) is 10.5. The molecule has 1 aliphatic heterocycles. The number of likely N-dealkylation sites (N-methyl/N-ethyl adjacent to an activating group) is 1. The Labute approximate surface area is 181 Å². The molecule has 0 aliphatic carbocycles. The first kappa shape index (κ1) is 21.6. The Bertz CT molecular complexity index is 975. The van der Waals surface area contributed by atoms with Crippen LogP contribution >= 0.6 is 11.3 Å². The van der Waals surface area contributed by atoms with E-state index in [1.54, 1.807) is 0 Å². The van der Waals surface area contributed by atoms with Gasteiger partial charge in [0.05, 0.1) is 38.7 Å². The third kappa shape index (κ3) is 5.28. The molecule has 0 bridgehead atoms. The minimum Gasteiger partial charge on any atom is -0.368 e. The Morgan fingerprint density at radius 3 is 2.67 bits per heavy atom. The number of nitrogens with one attached hydrogen (secondary N) is 1. The topological polar surface area (TPSA) is 92.8 Å². The van der Waals surface area contributed by atoms with E-state index in [1.807, 2.05) is 26.1 Å². The van der Waals surface area contributed by atoms with Crippen molar-refractivity contribution in [2.45, 2.75) is 13.8 Å². The van der Waals surface area contributed by atoms with Crippen molar-refractivity contribution in [2.24, 2.45) is 9.98 Å². The lowest BCUT2D eigenvalue weighted by Crippen LogP contribution is -2.44. The van der Waals surface area contributed by atoms with E-state index < -0.39 is 0 Å². The summed E-state index contributed by atoms with van der Waals surface area (Å²) >= 11 is 1.51. The molecule has 1 aliphatic rings. The van der Waals surface area contributed by atoms with Crippen LogP contribution in [0.1, 0.15) is 15.6 Å². The van der Waals surface area contributed by atoms with Crippen LogP contribution in [0, 0.1) is 25.2 Å². The number of nitrogens with zero attached hydrogens (tertiary/aromatic N) is 7. The number of rotatable bonds is 7. The number of allylic oxidation sites excluding steroid dienone is 1. The average molecular weight is 423 g/mol. The van der Waals surface area contributed by atoms with Crippen molar-refractivity contribution < 1.29 is 0 Å². The lowest BCUT2D eigenvalue weighted by molar-refractivity contribution is 0.313. The second kappa shape index (κ2) is 10.1. The average Bonchev–Trinajstić information content (AvgIpc) is 3.08. The molecule has 3 heterocycles. The number of hydrogen-bond acceptors (Lipinski definition) is 9. The molecule has 0 radical (unpaired) electrons. The molecule has 1 saturated heterocycles. The van der Waals surface area contributed by atoms with E-state index in [1.165, 1.54) is 17.5 Å². The summed E-state index contributed by atoms with van der Waals surface area (Å²) in [4.78, 5) is 22.9. The summed E-state index contributed by atoms with van der Waals surface area (Å²) in [5.74, 6) is 0.734. The molecule has 8 nitrogen and oxygen atoms in total. The monoisotopic (exact) mass is 422 g/mol. The van der Waals surface area contributed by atoms with Crippen molar-refractivity contribution >= 4 is 35.3 Å². The Hall–Kier alpha value is -3.09. The molecule has 2 aromatic heterocycles. The van der Waals surface area contributed by atoms with Crippen molar-refractivity contribution in [2.75, 3.05) is 50.1 Å². The van der Waals surface area contributed by atoms with Crippen LogP contribution in [-0.4, -0.2) is 67.2 Å². The smallest absolute Gasteiger partial charge is 0.127 e. The molecule has 0 amide bonds. The molecule has 9 heteroatoms. The number of aromatic nitrogens is 2. The third-order valence-electron chi connectivity index (χ3n) is 4.83. The lowest BCUT2D eigenvalue weighted by atomic mass is 10.1. The maximum absolute atomic E-state index is 9.53. The molecule has 0 spiro atoms. The Morgan fingerprint density at radius 2 is 2.10 bits per heavy atom. The van der Waals surface area contributed by atoms with Crippen molar-refractivity contribution in [3.63, 3.8) is 0 Å². The summed E-state index contributed by atoms with van der Waals surface area (Å²) in [7, 11) is 2.14. The third-order valence-corrected chi connectivity index (χ3v) is 5.91. The quantitative estimate of drug-likeness (QED) is 0.545. The van der Waals surface area contributed by atoms with Gasteiger partial charge in [0, 0.05) is 32.4 Å². The van der Waals surface area contributed by atoms with Gasteiger partial charge in [-0.2, -0.15) is 5.26 Å². The van der Waals surface area contributed by atoms with Gasteiger partial charge in [0.1, 0.15) is 18.6 Å². The Morgan fingerprint density at radius 1 is 1.33 bits per heavy atom. The highest BCUT2D eigenvalue weighted by Gasteiger charge is 2.17. The summed E-state index contributed by atoms with van der Waals surface area (Å²) in [5.41, 5.74) is 2.89. The summed E-state index contributed by atoms with van der Waals surface area (Å²) in [6.07, 6.45) is 3.31. The lowest BCUT2D eigenvalue weighted by Gasteiger charge is -2.33. The van der Waals surface area contributed by atoms with Crippen LogP contribution in [-0.2, 0) is 0 Å². The fourth-order valence-corrected chi connectivity index (χ4v) is 4.15. The highest BCUT2D eigenvalue weighted by molar-refractivity contribution is 7.14. The fraction of sp³-hybridized carbons (Fsp3) is 0.381. The van der Waals surface area contributed by atoms with Crippen LogP contribution in [0.25, 0.3) is 0 Å². The first-order chi connectivity index (χ1) is 14.5. The fourth-order valence-electron chi connectivity index (χ4n) is 3.21. The summed E-state index contributed by atoms with van der Waals surface area (Å²) < 4.78 is 0. The van der Waals surface area contributed by atoms with Gasteiger partial charge in [-0.1, -0.05) is 0 Å². The molecule has 30 heavy (non-hydrogen) atoms. The Kier molecular flexibility index (Phi) is 7.27. The molecular formula is C21H26N8S. The maximum atomic E-state index is 9.53. The van der Waals surface area contributed by atoms with E-state index in [4.69, 9.17) is 0 Å². The number of hydrogen-bond donors (Lipinski definition) is 1. The van der Waals surface area contributed by atoms with Gasteiger partial charge in [-0.25, -0.2) is 9.97 Å². The highest BCUT2D eigenvalue weighted by atomic mass is 32.1. The standard InChI is InChI=1S/C21H26N8S/c1-15-21(30-16(2)27-15)20(17(11-22)12-23-3)26-14-25-19-6-5-18(13-24-19)29-9-7-28(4)8-10-29/h5-6,12-13H,3,7-10,14H2,1-2,4H3,(H,24,25)/b17-12-,26-20?. The van der Waals surface area contributed by atoms with Gasteiger partial charge < -0.3 is 15.1 Å². The van der Waals surface area contributed by atoms with Crippen LogP contribution < -0.4 is 10.2 Å². The van der Waals surface area contributed by atoms with Crippen LogP contribution in [0.4, 0.5) is 11.5 Å². The van der Waals surface area contributed by atoms with Crippen LogP contribution in [0.3, 0.4) is 0 Å². The van der Waals surface area contributed by atoms with Gasteiger partial charge in [-0.3, -0.25) is 9.98 Å². The van der Waals surface area contributed by atoms with Gasteiger partial charge in [-0.15, -0.1) is 11.3 Å². The number of pyridine rings is 1. The second-order valence-corrected chi connectivity index (χ2v) is 8.22. The largest absolute Gasteiger partial charge is 0.368 e. The van der Waals surface area contributed by atoms with Gasteiger partial charge in [0.25, 0.3) is 0 Å². The highest BCUT2D eigenvalue weighted by Crippen LogP contribution is 2.22. The van der Waals surface area contributed by atoms with Gasteiger partial charge in [-0.05, 0) is 39.7 Å². The van der Waals surface area contributed by atoms with E-state index in [9.17, 15) is 5.26 Å². The molecule has 0 saturated carbocycles. The SMILES string of the molecule is C=N/C=C(/C#N)C(=NCNc1ccc(N2CCN(C)CC2)cn1)c1sc(C)nc1C. The number of anilines is 2. The van der Waals surface area contributed by atoms with Crippen LogP contribution in [0.5, 0.6) is 0 Å². The van der Waals surface area contributed by atoms with Crippen LogP contribution in [0.15, 0.2) is 40.1 Å². The molecule has 3 rings (SSSR count). The first-order valence-electron chi connectivity index (χ1n) is 9.70.